The summed E-state index contributed by atoms with van der Waals surface area (Å²) in [5.74, 6) is 0.955. The summed E-state index contributed by atoms with van der Waals surface area (Å²) in [4.78, 5) is 0. The summed E-state index contributed by atoms with van der Waals surface area (Å²) >= 11 is 0. The molecule has 0 saturated carbocycles. The molecule has 0 rings (SSSR count). The minimum absolute atomic E-state index is 0.955. The van der Waals surface area contributed by atoms with Gasteiger partial charge >= 0.3 is 0 Å². The molecule has 0 aromatic rings. The Bertz CT molecular complexity index is 66.4. The summed E-state index contributed by atoms with van der Waals surface area (Å²) in [7, 11) is 0. The summed E-state index contributed by atoms with van der Waals surface area (Å²) in [5.41, 5.74) is 0. The van der Waals surface area contributed by atoms with Crippen molar-refractivity contribution < 1.29 is 0 Å². The molecular weight excluding hydrogens is 132 g/mol. The summed E-state index contributed by atoms with van der Waals surface area (Å²) in [6, 6.07) is 0. The highest BCUT2D eigenvalue weighted by molar-refractivity contribution is 4.50. The molecule has 0 aliphatic heterocycles. The number of hydrogen-bond acceptors (Lipinski definition) is 0. The van der Waals surface area contributed by atoms with Crippen molar-refractivity contribution in [3.8, 4) is 0 Å². The van der Waals surface area contributed by atoms with Gasteiger partial charge in [-0.3, -0.25) is 0 Å². The molecule has 0 radical (unpaired) electrons. The average Bonchev–Trinajstić information content (AvgIpc) is 2.04. The van der Waals surface area contributed by atoms with Crippen LogP contribution in [0.1, 0.15) is 65.7 Å². The maximum absolute atomic E-state index is 2.36. The van der Waals surface area contributed by atoms with Crippen molar-refractivity contribution in [3.63, 3.8) is 0 Å². The van der Waals surface area contributed by atoms with Crippen LogP contribution in [-0.2, 0) is 0 Å². The van der Waals surface area contributed by atoms with Crippen molar-refractivity contribution in [2.75, 3.05) is 0 Å². The van der Waals surface area contributed by atoms with E-state index >= 15 is 0 Å². The van der Waals surface area contributed by atoms with E-state index in [1.807, 2.05) is 0 Å². The second-order valence-electron chi connectivity index (χ2n) is 3.72. The third-order valence-electron chi connectivity index (χ3n) is 2.50. The van der Waals surface area contributed by atoms with Crippen LogP contribution in [0.5, 0.6) is 0 Å². The van der Waals surface area contributed by atoms with Crippen molar-refractivity contribution in [2.24, 2.45) is 5.92 Å². The first-order valence-corrected chi connectivity index (χ1v) is 5.31. The lowest BCUT2D eigenvalue weighted by molar-refractivity contribution is 0.474. The smallest absolute Gasteiger partial charge is 0.0445 e. The largest absolute Gasteiger partial charge is 0.0654 e. The zero-order valence-corrected chi connectivity index (χ0v) is 8.53. The Hall–Kier alpha value is 0. The molecule has 0 fully saturated rings. The quantitative estimate of drug-likeness (QED) is 0.479. The zero-order valence-electron chi connectivity index (χ0n) is 8.53. The minimum Gasteiger partial charge on any atom is -0.0654 e. The van der Waals surface area contributed by atoms with Gasteiger partial charge in [-0.1, -0.05) is 65.7 Å². The molecule has 0 spiro atoms. The Morgan fingerprint density at radius 1 is 0.909 bits per heavy atom. The molecule has 1 atom stereocenters. The first kappa shape index (κ1) is 11.0. The van der Waals surface area contributed by atoms with E-state index in [1.165, 1.54) is 44.9 Å². The maximum atomic E-state index is 2.36. The van der Waals surface area contributed by atoms with E-state index < -0.39 is 0 Å². The van der Waals surface area contributed by atoms with Gasteiger partial charge in [-0.25, -0.2) is 0 Å². The van der Waals surface area contributed by atoms with E-state index in [9.17, 15) is 0 Å². The number of unbranched alkanes of at least 4 members (excludes halogenated alkanes) is 4. The molecule has 0 heteroatoms. The van der Waals surface area contributed by atoms with Gasteiger partial charge in [0.25, 0.3) is 0 Å². The van der Waals surface area contributed by atoms with Crippen LogP contribution in [0.3, 0.4) is 0 Å². The summed E-state index contributed by atoms with van der Waals surface area (Å²) in [6.07, 6.45) is 9.96. The molecule has 0 N–H and O–H groups in total. The van der Waals surface area contributed by atoms with Gasteiger partial charge in [0.2, 0.25) is 0 Å². The maximum Gasteiger partial charge on any atom is -0.0445 e. The van der Waals surface area contributed by atoms with Crippen molar-refractivity contribution in [1.82, 2.24) is 0 Å². The van der Waals surface area contributed by atoms with E-state index in [0.717, 1.165) is 5.92 Å². The van der Waals surface area contributed by atoms with Crippen molar-refractivity contribution in [3.05, 3.63) is 0 Å². The lowest BCUT2D eigenvalue weighted by Crippen LogP contribution is -1.91. The fourth-order valence-corrected chi connectivity index (χ4v) is 1.30. The molecule has 0 aromatic heterocycles. The zero-order chi connectivity index (χ0) is 8.53. The van der Waals surface area contributed by atoms with E-state index in [4.69, 9.17) is 0 Å². The monoisotopic (exact) mass is 156 g/mol. The van der Waals surface area contributed by atoms with Crippen molar-refractivity contribution in [2.45, 2.75) is 65.7 Å². The Kier molecular flexibility index (Phi) is 8.10. The standard InChI is InChI=1S/C11H24/c1-4-6-7-8-9-10-11(3)5-2/h11H,4-10H2,1-3H3/t11-/m1/s1. The molecule has 0 unspecified atom stereocenters. The highest BCUT2D eigenvalue weighted by atomic mass is 14.0. The van der Waals surface area contributed by atoms with Gasteiger partial charge in [0.1, 0.15) is 0 Å². The van der Waals surface area contributed by atoms with Crippen LogP contribution < -0.4 is 0 Å². The predicted octanol–water partition coefficient (Wildman–Crippen LogP) is 4.39. The Morgan fingerprint density at radius 2 is 1.55 bits per heavy atom. The van der Waals surface area contributed by atoms with Gasteiger partial charge < -0.3 is 0 Å². The highest BCUT2D eigenvalue weighted by Gasteiger charge is 1.97. The first-order valence-electron chi connectivity index (χ1n) is 5.31. The van der Waals surface area contributed by atoms with Crippen LogP contribution in [0, 0.1) is 5.92 Å². The second kappa shape index (κ2) is 8.10. The van der Waals surface area contributed by atoms with E-state index in [0.29, 0.717) is 0 Å². The Morgan fingerprint density at radius 3 is 2.09 bits per heavy atom. The van der Waals surface area contributed by atoms with Crippen molar-refractivity contribution >= 4 is 0 Å². The van der Waals surface area contributed by atoms with Crippen LogP contribution >= 0.6 is 0 Å². The third kappa shape index (κ3) is 7.90. The molecule has 68 valence electrons. The minimum atomic E-state index is 0.955. The Labute approximate surface area is 72.4 Å². The van der Waals surface area contributed by atoms with Gasteiger partial charge in [0.15, 0.2) is 0 Å². The van der Waals surface area contributed by atoms with Crippen LogP contribution in [0.2, 0.25) is 0 Å². The normalized spacial score (nSPS) is 13.4. The summed E-state index contributed by atoms with van der Waals surface area (Å²) < 4.78 is 0. The molecule has 11 heavy (non-hydrogen) atoms. The molecule has 0 nitrogen and oxygen atoms in total. The molecule has 0 saturated heterocycles. The lowest BCUT2D eigenvalue weighted by atomic mass is 10.0. The second-order valence-corrected chi connectivity index (χ2v) is 3.72. The number of hydrogen-bond donors (Lipinski definition) is 0. The molecule has 0 bridgehead atoms. The molecule has 0 aliphatic carbocycles. The molecule has 0 amide bonds. The Balaban J connectivity index is 2.89. The molecule has 0 aromatic carbocycles. The summed E-state index contributed by atoms with van der Waals surface area (Å²) in [6.45, 7) is 6.92. The van der Waals surface area contributed by atoms with E-state index in [1.54, 1.807) is 0 Å². The first-order chi connectivity index (χ1) is 5.31. The van der Waals surface area contributed by atoms with Gasteiger partial charge in [0.05, 0.1) is 0 Å². The SMILES string of the molecule is CCCCCCC[C@H](C)CC. The lowest BCUT2D eigenvalue weighted by Gasteiger charge is -2.06. The van der Waals surface area contributed by atoms with Gasteiger partial charge in [-0.15, -0.1) is 0 Å². The van der Waals surface area contributed by atoms with E-state index in [-0.39, 0.29) is 0 Å². The van der Waals surface area contributed by atoms with Crippen LogP contribution in [0.15, 0.2) is 0 Å². The predicted molar refractivity (Wildman–Crippen MR) is 52.8 cm³/mol. The fraction of sp³-hybridized carbons (Fsp3) is 1.00. The average molecular weight is 156 g/mol. The highest BCUT2D eigenvalue weighted by Crippen LogP contribution is 2.13. The van der Waals surface area contributed by atoms with E-state index in [2.05, 4.69) is 20.8 Å². The summed E-state index contributed by atoms with van der Waals surface area (Å²) in [5, 5.41) is 0. The molecule has 0 heterocycles. The van der Waals surface area contributed by atoms with Crippen LogP contribution in [-0.4, -0.2) is 0 Å². The van der Waals surface area contributed by atoms with Crippen LogP contribution in [0.25, 0.3) is 0 Å². The molecule has 0 aliphatic rings. The van der Waals surface area contributed by atoms with Crippen molar-refractivity contribution in [1.29, 1.82) is 0 Å². The number of rotatable bonds is 7. The van der Waals surface area contributed by atoms with Crippen LogP contribution in [0.4, 0.5) is 0 Å². The third-order valence-corrected chi connectivity index (χ3v) is 2.50. The van der Waals surface area contributed by atoms with Gasteiger partial charge in [-0.2, -0.15) is 0 Å². The van der Waals surface area contributed by atoms with Gasteiger partial charge in [0, 0.05) is 0 Å². The van der Waals surface area contributed by atoms with Gasteiger partial charge in [-0.05, 0) is 5.92 Å². The fourth-order valence-electron chi connectivity index (χ4n) is 1.30. The topological polar surface area (TPSA) is 0 Å². The molecular formula is C11H24.